The quantitative estimate of drug-likeness (QED) is 0.495. The third kappa shape index (κ3) is 5.62. The average molecular weight is 305 g/mol. The summed E-state index contributed by atoms with van der Waals surface area (Å²) < 4.78 is 40.4. The molecule has 6 nitrogen and oxygen atoms in total. The van der Waals surface area contributed by atoms with Gasteiger partial charge in [0.15, 0.2) is 11.6 Å². The highest BCUT2D eigenvalue weighted by Crippen LogP contribution is 2.28. The van der Waals surface area contributed by atoms with Gasteiger partial charge in [-0.15, -0.1) is 0 Å². The summed E-state index contributed by atoms with van der Waals surface area (Å²) in [5, 5.41) is 7.83. The Balaban J connectivity index is 2.64. The van der Waals surface area contributed by atoms with Crippen LogP contribution < -0.4 is 20.9 Å². The van der Waals surface area contributed by atoms with Crippen LogP contribution in [0.2, 0.25) is 0 Å². The molecule has 0 saturated heterocycles. The minimum absolute atomic E-state index is 0.120. The smallest absolute Gasteiger partial charge is 0.209 e. The van der Waals surface area contributed by atoms with E-state index in [0.29, 0.717) is 25.3 Å². The second-order valence-corrected chi connectivity index (χ2v) is 6.10. The lowest BCUT2D eigenvalue weighted by molar-refractivity contribution is 0.301. The van der Waals surface area contributed by atoms with Crippen molar-refractivity contribution in [2.75, 3.05) is 30.0 Å². The van der Waals surface area contributed by atoms with E-state index in [9.17, 15) is 12.8 Å². The standard InChI is InChI=1S/C12H20FN3O3S/c1-2-5-19-12-8-11(10(14)7-9(12)13)16-4-3-6-20(15,17)18/h7-8,16H,2-6,14H2,1H3,(H2,15,17,18). The van der Waals surface area contributed by atoms with Crippen molar-refractivity contribution >= 4 is 21.4 Å². The Morgan fingerprint density at radius 3 is 2.70 bits per heavy atom. The SMILES string of the molecule is CCCOc1cc(NCCCS(N)(=O)=O)c(N)cc1F. The normalized spacial score (nSPS) is 11.3. The topological polar surface area (TPSA) is 107 Å². The highest BCUT2D eigenvalue weighted by Gasteiger charge is 2.09. The number of benzene rings is 1. The van der Waals surface area contributed by atoms with E-state index < -0.39 is 15.8 Å². The molecule has 0 aliphatic heterocycles. The number of sulfonamides is 1. The molecule has 5 N–H and O–H groups in total. The number of nitrogen functional groups attached to an aromatic ring is 1. The zero-order valence-electron chi connectivity index (χ0n) is 11.4. The number of halogens is 1. The summed E-state index contributed by atoms with van der Waals surface area (Å²) in [6.45, 7) is 2.69. The van der Waals surface area contributed by atoms with Gasteiger partial charge in [0.25, 0.3) is 0 Å². The molecule has 0 unspecified atom stereocenters. The zero-order valence-corrected chi connectivity index (χ0v) is 12.2. The Kier molecular flexibility index (Phi) is 6.03. The Morgan fingerprint density at radius 2 is 2.10 bits per heavy atom. The molecule has 1 aromatic carbocycles. The summed E-state index contributed by atoms with van der Waals surface area (Å²) in [6, 6.07) is 2.64. The van der Waals surface area contributed by atoms with Gasteiger partial charge < -0.3 is 15.8 Å². The molecule has 0 bridgehead atoms. The van der Waals surface area contributed by atoms with Crippen molar-refractivity contribution in [3.8, 4) is 5.75 Å². The van der Waals surface area contributed by atoms with Gasteiger partial charge in [0.2, 0.25) is 10.0 Å². The maximum atomic E-state index is 13.6. The molecule has 0 saturated carbocycles. The highest BCUT2D eigenvalue weighted by atomic mass is 32.2. The lowest BCUT2D eigenvalue weighted by atomic mass is 10.2. The fourth-order valence-corrected chi connectivity index (χ4v) is 2.09. The summed E-state index contributed by atoms with van der Waals surface area (Å²) in [4.78, 5) is 0. The third-order valence-electron chi connectivity index (χ3n) is 2.49. The number of primary sulfonamides is 1. The molecule has 0 heterocycles. The van der Waals surface area contributed by atoms with Crippen molar-refractivity contribution in [1.82, 2.24) is 0 Å². The molecule has 0 spiro atoms. The number of nitrogens with one attached hydrogen (secondary N) is 1. The summed E-state index contributed by atoms with van der Waals surface area (Å²) >= 11 is 0. The van der Waals surface area contributed by atoms with Crippen LogP contribution in [-0.2, 0) is 10.0 Å². The van der Waals surface area contributed by atoms with Crippen LogP contribution in [0.3, 0.4) is 0 Å². The Morgan fingerprint density at radius 1 is 1.40 bits per heavy atom. The molecule has 0 aromatic heterocycles. The number of rotatable bonds is 8. The van der Waals surface area contributed by atoms with Crippen LogP contribution in [0.5, 0.6) is 5.75 Å². The third-order valence-corrected chi connectivity index (χ3v) is 3.34. The minimum Gasteiger partial charge on any atom is -0.490 e. The minimum atomic E-state index is -3.47. The van der Waals surface area contributed by atoms with Gasteiger partial charge in [0.05, 0.1) is 23.7 Å². The summed E-state index contributed by atoms with van der Waals surface area (Å²) in [7, 11) is -3.47. The predicted octanol–water partition coefficient (Wildman–Crippen LogP) is 1.29. The van der Waals surface area contributed by atoms with Gasteiger partial charge in [0, 0.05) is 18.7 Å². The van der Waals surface area contributed by atoms with Crippen molar-refractivity contribution in [1.29, 1.82) is 0 Å². The van der Waals surface area contributed by atoms with Gasteiger partial charge in [0.1, 0.15) is 0 Å². The summed E-state index contributed by atoms with van der Waals surface area (Å²) in [5.74, 6) is -0.527. The Labute approximate surface area is 118 Å². The van der Waals surface area contributed by atoms with Gasteiger partial charge in [-0.05, 0) is 12.8 Å². The number of nitrogens with two attached hydrogens (primary N) is 2. The first-order chi connectivity index (χ1) is 9.33. The van der Waals surface area contributed by atoms with Gasteiger partial charge in [-0.25, -0.2) is 17.9 Å². The van der Waals surface area contributed by atoms with E-state index in [1.165, 1.54) is 12.1 Å². The number of anilines is 2. The van der Waals surface area contributed by atoms with Crippen LogP contribution in [-0.4, -0.2) is 27.3 Å². The lowest BCUT2D eigenvalue weighted by Gasteiger charge is -2.12. The molecule has 0 atom stereocenters. The highest BCUT2D eigenvalue weighted by molar-refractivity contribution is 7.89. The first kappa shape index (κ1) is 16.5. The van der Waals surface area contributed by atoms with E-state index in [-0.39, 0.29) is 17.2 Å². The largest absolute Gasteiger partial charge is 0.490 e. The lowest BCUT2D eigenvalue weighted by Crippen LogP contribution is -2.19. The van der Waals surface area contributed by atoms with Crippen LogP contribution in [0.25, 0.3) is 0 Å². The van der Waals surface area contributed by atoms with Crippen molar-refractivity contribution in [3.63, 3.8) is 0 Å². The second-order valence-electron chi connectivity index (χ2n) is 4.37. The summed E-state index contributed by atoms with van der Waals surface area (Å²) in [5.41, 5.74) is 6.43. The molecule has 0 fully saturated rings. The molecular formula is C12H20FN3O3S. The number of ether oxygens (including phenoxy) is 1. The molecular weight excluding hydrogens is 285 g/mol. The first-order valence-electron chi connectivity index (χ1n) is 6.29. The number of hydrogen-bond donors (Lipinski definition) is 3. The van der Waals surface area contributed by atoms with E-state index in [1.807, 2.05) is 6.92 Å². The monoisotopic (exact) mass is 305 g/mol. The van der Waals surface area contributed by atoms with Crippen molar-refractivity contribution < 1.29 is 17.5 Å². The van der Waals surface area contributed by atoms with E-state index in [0.717, 1.165) is 6.42 Å². The molecule has 1 aromatic rings. The average Bonchev–Trinajstić information content (AvgIpc) is 2.34. The van der Waals surface area contributed by atoms with E-state index in [2.05, 4.69) is 5.32 Å². The zero-order chi connectivity index (χ0) is 15.2. The molecule has 114 valence electrons. The molecule has 20 heavy (non-hydrogen) atoms. The fourth-order valence-electron chi connectivity index (χ4n) is 1.54. The predicted molar refractivity (Wildman–Crippen MR) is 77.7 cm³/mol. The number of hydrogen-bond acceptors (Lipinski definition) is 5. The van der Waals surface area contributed by atoms with Crippen LogP contribution in [0, 0.1) is 5.82 Å². The van der Waals surface area contributed by atoms with Gasteiger partial charge >= 0.3 is 0 Å². The summed E-state index contributed by atoms with van der Waals surface area (Å²) in [6.07, 6.45) is 1.10. The molecule has 0 aliphatic carbocycles. The van der Waals surface area contributed by atoms with Crippen LogP contribution in [0.15, 0.2) is 12.1 Å². The molecule has 8 heteroatoms. The van der Waals surface area contributed by atoms with Crippen molar-refractivity contribution in [2.24, 2.45) is 5.14 Å². The molecule has 0 radical (unpaired) electrons. The molecule has 1 rings (SSSR count). The fraction of sp³-hybridized carbons (Fsp3) is 0.500. The molecule has 0 amide bonds. The van der Waals surface area contributed by atoms with Gasteiger partial charge in [-0.2, -0.15) is 0 Å². The van der Waals surface area contributed by atoms with E-state index in [1.54, 1.807) is 0 Å². The first-order valence-corrected chi connectivity index (χ1v) is 8.01. The van der Waals surface area contributed by atoms with Crippen LogP contribution in [0.4, 0.5) is 15.8 Å². The van der Waals surface area contributed by atoms with Crippen molar-refractivity contribution in [3.05, 3.63) is 17.9 Å². The molecule has 0 aliphatic rings. The van der Waals surface area contributed by atoms with E-state index in [4.69, 9.17) is 15.6 Å². The van der Waals surface area contributed by atoms with E-state index >= 15 is 0 Å². The Bertz CT molecular complexity index is 549. The Hall–Kier alpha value is -1.54. The van der Waals surface area contributed by atoms with Gasteiger partial charge in [-0.3, -0.25) is 0 Å². The van der Waals surface area contributed by atoms with Crippen LogP contribution >= 0.6 is 0 Å². The maximum absolute atomic E-state index is 13.6. The maximum Gasteiger partial charge on any atom is 0.209 e. The second kappa shape index (κ2) is 7.30. The van der Waals surface area contributed by atoms with Crippen LogP contribution in [0.1, 0.15) is 19.8 Å². The van der Waals surface area contributed by atoms with Gasteiger partial charge in [-0.1, -0.05) is 6.92 Å². The van der Waals surface area contributed by atoms with Crippen molar-refractivity contribution in [2.45, 2.75) is 19.8 Å².